The third kappa shape index (κ3) is 2.20. The fraction of sp³-hybridized carbons (Fsp3) is 0. The standard InChI is InChI=1S/C14H8ClFN6O/c15-8-5-19-14-10(20-8)6(4-18-14)13-21-11(7-2-1-3-23-7)9(16)12(17)22-13/h1-5H,(H,18,19)(H2,17,21,22). The molecule has 0 saturated heterocycles. The van der Waals surface area contributed by atoms with E-state index in [0.717, 1.165) is 0 Å². The quantitative estimate of drug-likeness (QED) is 0.585. The van der Waals surface area contributed by atoms with Crippen LogP contribution in [0.5, 0.6) is 0 Å². The van der Waals surface area contributed by atoms with Crippen LogP contribution in [0, 0.1) is 5.82 Å². The number of fused-ring (bicyclic) bond motifs is 1. The molecule has 0 atom stereocenters. The fourth-order valence-corrected chi connectivity index (χ4v) is 2.34. The van der Waals surface area contributed by atoms with Gasteiger partial charge in [-0.2, -0.15) is 0 Å². The molecule has 0 unspecified atom stereocenters. The molecule has 4 rings (SSSR count). The lowest BCUT2D eigenvalue weighted by Gasteiger charge is -2.05. The molecule has 0 amide bonds. The summed E-state index contributed by atoms with van der Waals surface area (Å²) < 4.78 is 19.4. The Morgan fingerprint density at radius 3 is 2.91 bits per heavy atom. The zero-order chi connectivity index (χ0) is 16.0. The van der Waals surface area contributed by atoms with Crippen molar-refractivity contribution in [2.45, 2.75) is 0 Å². The van der Waals surface area contributed by atoms with Crippen molar-refractivity contribution in [1.29, 1.82) is 0 Å². The largest absolute Gasteiger partial charge is 0.463 e. The van der Waals surface area contributed by atoms with Gasteiger partial charge in [-0.1, -0.05) is 11.6 Å². The van der Waals surface area contributed by atoms with Gasteiger partial charge >= 0.3 is 0 Å². The molecule has 0 aliphatic carbocycles. The highest BCUT2D eigenvalue weighted by molar-refractivity contribution is 6.29. The fourth-order valence-electron chi connectivity index (χ4n) is 2.20. The Bertz CT molecular complexity index is 1010. The molecule has 0 spiro atoms. The average Bonchev–Trinajstić information content (AvgIpc) is 3.19. The smallest absolute Gasteiger partial charge is 0.194 e. The highest BCUT2D eigenvalue weighted by Crippen LogP contribution is 2.30. The Balaban J connectivity index is 1.97. The van der Waals surface area contributed by atoms with Crippen LogP contribution in [0.4, 0.5) is 10.2 Å². The van der Waals surface area contributed by atoms with E-state index in [0.29, 0.717) is 16.7 Å². The second-order valence-electron chi connectivity index (χ2n) is 4.66. The lowest BCUT2D eigenvalue weighted by atomic mass is 10.2. The van der Waals surface area contributed by atoms with Gasteiger partial charge in [0.25, 0.3) is 0 Å². The summed E-state index contributed by atoms with van der Waals surface area (Å²) in [5, 5.41) is 0.222. The average molecular weight is 331 g/mol. The molecule has 4 heterocycles. The topological polar surface area (TPSA) is 107 Å². The van der Waals surface area contributed by atoms with Gasteiger partial charge in [-0.3, -0.25) is 0 Å². The van der Waals surface area contributed by atoms with E-state index in [2.05, 4.69) is 24.9 Å². The number of halogens is 2. The normalized spacial score (nSPS) is 11.2. The van der Waals surface area contributed by atoms with Gasteiger partial charge in [0, 0.05) is 6.20 Å². The summed E-state index contributed by atoms with van der Waals surface area (Å²) in [4.78, 5) is 19.4. The molecule has 0 aliphatic heterocycles. The van der Waals surface area contributed by atoms with Gasteiger partial charge < -0.3 is 15.1 Å². The zero-order valence-electron chi connectivity index (χ0n) is 11.4. The number of nitrogen functional groups attached to an aromatic ring is 1. The Hall–Kier alpha value is -3.00. The number of H-pyrrole nitrogens is 1. The molecule has 0 fully saturated rings. The monoisotopic (exact) mass is 330 g/mol. The highest BCUT2D eigenvalue weighted by atomic mass is 35.5. The Labute approximate surface area is 133 Å². The van der Waals surface area contributed by atoms with Crippen LogP contribution in [0.3, 0.4) is 0 Å². The van der Waals surface area contributed by atoms with Gasteiger partial charge in [-0.05, 0) is 12.1 Å². The number of furan rings is 1. The summed E-state index contributed by atoms with van der Waals surface area (Å²) in [6.45, 7) is 0. The molecule has 0 aromatic carbocycles. The number of anilines is 1. The van der Waals surface area contributed by atoms with Crippen molar-refractivity contribution in [1.82, 2.24) is 24.9 Å². The number of aromatic amines is 1. The van der Waals surface area contributed by atoms with Gasteiger partial charge in [0.15, 0.2) is 28.9 Å². The Morgan fingerprint density at radius 2 is 2.13 bits per heavy atom. The molecule has 3 N–H and O–H groups in total. The summed E-state index contributed by atoms with van der Waals surface area (Å²) in [5.41, 5.74) is 7.13. The van der Waals surface area contributed by atoms with Crippen molar-refractivity contribution >= 4 is 28.6 Å². The summed E-state index contributed by atoms with van der Waals surface area (Å²) >= 11 is 5.88. The highest BCUT2D eigenvalue weighted by Gasteiger charge is 2.19. The number of hydrogen-bond donors (Lipinski definition) is 2. The van der Waals surface area contributed by atoms with Crippen molar-refractivity contribution in [3.05, 3.63) is 41.8 Å². The number of nitrogens with one attached hydrogen (secondary N) is 1. The molecular formula is C14H8ClFN6O. The van der Waals surface area contributed by atoms with Crippen molar-refractivity contribution in [2.24, 2.45) is 0 Å². The third-order valence-electron chi connectivity index (χ3n) is 3.22. The number of nitrogens with two attached hydrogens (primary N) is 1. The van der Waals surface area contributed by atoms with Crippen LogP contribution in [-0.4, -0.2) is 24.9 Å². The summed E-state index contributed by atoms with van der Waals surface area (Å²) in [6, 6.07) is 3.21. The molecule has 4 aromatic rings. The van der Waals surface area contributed by atoms with Crippen LogP contribution in [0.2, 0.25) is 5.15 Å². The van der Waals surface area contributed by atoms with Crippen molar-refractivity contribution in [2.75, 3.05) is 5.73 Å². The third-order valence-corrected chi connectivity index (χ3v) is 3.41. The molecule has 0 saturated carbocycles. The Kier molecular flexibility index (Phi) is 2.98. The molecule has 114 valence electrons. The van der Waals surface area contributed by atoms with E-state index < -0.39 is 5.82 Å². The second-order valence-corrected chi connectivity index (χ2v) is 5.05. The number of hydrogen-bond acceptors (Lipinski definition) is 6. The van der Waals surface area contributed by atoms with Gasteiger partial charge in [0.2, 0.25) is 0 Å². The minimum atomic E-state index is -0.743. The minimum Gasteiger partial charge on any atom is -0.463 e. The van der Waals surface area contributed by atoms with Crippen molar-refractivity contribution < 1.29 is 8.81 Å². The van der Waals surface area contributed by atoms with Crippen LogP contribution in [-0.2, 0) is 0 Å². The number of nitrogens with zero attached hydrogens (tertiary/aromatic N) is 4. The lowest BCUT2D eigenvalue weighted by Crippen LogP contribution is -2.03. The molecule has 9 heteroatoms. The summed E-state index contributed by atoms with van der Waals surface area (Å²) in [6.07, 6.45) is 4.45. The maximum atomic E-state index is 14.2. The van der Waals surface area contributed by atoms with Crippen LogP contribution < -0.4 is 5.73 Å². The van der Waals surface area contributed by atoms with E-state index in [-0.39, 0.29) is 28.2 Å². The SMILES string of the molecule is Nc1nc(-c2c[nH]c3ncc(Cl)nc23)nc(-c2ccco2)c1F. The van der Waals surface area contributed by atoms with E-state index in [1.54, 1.807) is 18.3 Å². The van der Waals surface area contributed by atoms with E-state index in [1.165, 1.54) is 12.5 Å². The molecule has 23 heavy (non-hydrogen) atoms. The van der Waals surface area contributed by atoms with Gasteiger partial charge in [0.05, 0.1) is 18.0 Å². The summed E-state index contributed by atoms with van der Waals surface area (Å²) in [5.74, 6) is -0.585. The number of aromatic nitrogens is 5. The molecule has 0 bridgehead atoms. The Morgan fingerprint density at radius 1 is 1.26 bits per heavy atom. The first-order chi connectivity index (χ1) is 11.1. The van der Waals surface area contributed by atoms with Gasteiger partial charge in [-0.15, -0.1) is 0 Å². The molecule has 0 radical (unpaired) electrons. The maximum Gasteiger partial charge on any atom is 0.194 e. The van der Waals surface area contributed by atoms with Crippen LogP contribution in [0.15, 0.2) is 35.2 Å². The first-order valence-corrected chi connectivity index (χ1v) is 6.88. The molecule has 4 aromatic heterocycles. The van der Waals surface area contributed by atoms with Crippen molar-refractivity contribution in [3.63, 3.8) is 0 Å². The van der Waals surface area contributed by atoms with E-state index in [1.807, 2.05) is 0 Å². The predicted octanol–water partition coefficient (Wildman–Crippen LogP) is 3.05. The predicted molar refractivity (Wildman–Crippen MR) is 82.0 cm³/mol. The first kappa shape index (κ1) is 13.6. The summed E-state index contributed by atoms with van der Waals surface area (Å²) in [7, 11) is 0. The lowest BCUT2D eigenvalue weighted by molar-refractivity contribution is 0.564. The van der Waals surface area contributed by atoms with Gasteiger partial charge in [0.1, 0.15) is 16.4 Å². The second kappa shape index (κ2) is 5.03. The van der Waals surface area contributed by atoms with E-state index in [9.17, 15) is 4.39 Å². The van der Waals surface area contributed by atoms with Crippen LogP contribution in [0.25, 0.3) is 34.0 Å². The van der Waals surface area contributed by atoms with Crippen LogP contribution in [0.1, 0.15) is 0 Å². The zero-order valence-corrected chi connectivity index (χ0v) is 12.2. The molecule has 7 nitrogen and oxygen atoms in total. The molecular weight excluding hydrogens is 323 g/mol. The first-order valence-electron chi connectivity index (χ1n) is 6.50. The van der Waals surface area contributed by atoms with Crippen molar-refractivity contribution in [3.8, 4) is 22.8 Å². The number of rotatable bonds is 2. The van der Waals surface area contributed by atoms with Gasteiger partial charge in [-0.25, -0.2) is 24.3 Å². The molecule has 0 aliphatic rings. The minimum absolute atomic E-state index is 0.0261. The van der Waals surface area contributed by atoms with E-state index >= 15 is 0 Å². The van der Waals surface area contributed by atoms with Crippen LogP contribution >= 0.6 is 11.6 Å². The maximum absolute atomic E-state index is 14.2. The van der Waals surface area contributed by atoms with E-state index in [4.69, 9.17) is 21.8 Å².